The van der Waals surface area contributed by atoms with Gasteiger partial charge in [0.2, 0.25) is 0 Å². The largest absolute Gasteiger partial charge is 0.462 e. The molecule has 0 saturated carbocycles. The number of rotatable bonds is 50. The first-order chi connectivity index (χ1) is 30.5. The maximum atomic E-state index is 12.8. The predicted octanol–water partition coefficient (Wildman–Crippen LogP) is 17.9. The van der Waals surface area contributed by atoms with Crippen LogP contribution in [0, 0.1) is 0 Å². The van der Waals surface area contributed by atoms with E-state index in [0.29, 0.717) is 19.3 Å². The topological polar surface area (TPSA) is 78.9 Å². The van der Waals surface area contributed by atoms with Gasteiger partial charge in [-0.3, -0.25) is 14.4 Å². The summed E-state index contributed by atoms with van der Waals surface area (Å²) in [5.41, 5.74) is 0. The Hall–Kier alpha value is -2.11. The average Bonchev–Trinajstić information content (AvgIpc) is 3.27. The minimum Gasteiger partial charge on any atom is -0.462 e. The molecule has 6 heteroatoms. The first kappa shape index (κ1) is 59.9. The Morgan fingerprint density at radius 1 is 0.323 bits per heavy atom. The second-order valence-electron chi connectivity index (χ2n) is 18.5. The van der Waals surface area contributed by atoms with Crippen LogP contribution in [0.25, 0.3) is 0 Å². The number of carbonyl (C=O) groups excluding carboxylic acids is 3. The van der Waals surface area contributed by atoms with Gasteiger partial charge in [-0.1, -0.05) is 251 Å². The molecule has 0 spiro atoms. The van der Waals surface area contributed by atoms with Crippen LogP contribution in [-0.2, 0) is 28.6 Å². The van der Waals surface area contributed by atoms with Gasteiger partial charge in [-0.05, 0) is 51.4 Å². The third kappa shape index (κ3) is 48.9. The van der Waals surface area contributed by atoms with Crippen molar-refractivity contribution in [1.82, 2.24) is 0 Å². The molecular formula is C56H104O6. The molecule has 364 valence electrons. The lowest BCUT2D eigenvalue weighted by Crippen LogP contribution is -2.30. The molecule has 0 amide bonds. The first-order valence-electron chi connectivity index (χ1n) is 27.3. The van der Waals surface area contributed by atoms with Gasteiger partial charge >= 0.3 is 17.9 Å². The highest BCUT2D eigenvalue weighted by Crippen LogP contribution is 2.16. The van der Waals surface area contributed by atoms with Crippen LogP contribution in [0.1, 0.15) is 297 Å². The van der Waals surface area contributed by atoms with Crippen molar-refractivity contribution >= 4 is 17.9 Å². The molecule has 0 saturated heterocycles. The normalized spacial score (nSPS) is 12.1. The van der Waals surface area contributed by atoms with E-state index in [2.05, 4.69) is 45.1 Å². The van der Waals surface area contributed by atoms with Crippen LogP contribution in [0.3, 0.4) is 0 Å². The molecule has 0 heterocycles. The van der Waals surface area contributed by atoms with Gasteiger partial charge in [0.1, 0.15) is 13.2 Å². The average molecular weight is 873 g/mol. The number of hydrogen-bond acceptors (Lipinski definition) is 6. The number of ether oxygens (including phenoxy) is 3. The van der Waals surface area contributed by atoms with Crippen molar-refractivity contribution < 1.29 is 28.6 Å². The molecule has 0 aliphatic carbocycles. The smallest absolute Gasteiger partial charge is 0.306 e. The second-order valence-corrected chi connectivity index (χ2v) is 18.5. The van der Waals surface area contributed by atoms with Crippen LogP contribution in [-0.4, -0.2) is 37.2 Å². The highest BCUT2D eigenvalue weighted by molar-refractivity contribution is 5.71. The predicted molar refractivity (Wildman–Crippen MR) is 266 cm³/mol. The summed E-state index contributed by atoms with van der Waals surface area (Å²) in [6, 6.07) is 0. The summed E-state index contributed by atoms with van der Waals surface area (Å²) in [6.45, 7) is 6.64. The van der Waals surface area contributed by atoms with Gasteiger partial charge < -0.3 is 14.2 Å². The van der Waals surface area contributed by atoms with Gasteiger partial charge in [-0.2, -0.15) is 0 Å². The molecule has 62 heavy (non-hydrogen) atoms. The van der Waals surface area contributed by atoms with Crippen molar-refractivity contribution in [2.45, 2.75) is 303 Å². The lowest BCUT2D eigenvalue weighted by atomic mass is 10.0. The zero-order valence-electron chi connectivity index (χ0n) is 41.7. The lowest BCUT2D eigenvalue weighted by Gasteiger charge is -2.18. The van der Waals surface area contributed by atoms with Crippen LogP contribution in [0.5, 0.6) is 0 Å². The Morgan fingerprint density at radius 2 is 0.581 bits per heavy atom. The molecule has 0 unspecified atom stereocenters. The fraction of sp³-hybridized carbons (Fsp3) is 0.875. The fourth-order valence-electron chi connectivity index (χ4n) is 8.06. The van der Waals surface area contributed by atoms with E-state index < -0.39 is 6.10 Å². The van der Waals surface area contributed by atoms with Gasteiger partial charge in [0.05, 0.1) is 0 Å². The van der Waals surface area contributed by atoms with Gasteiger partial charge in [-0.15, -0.1) is 0 Å². The SMILES string of the molecule is CCCCC/C=C\C/C=C\CCCCCCCCCCCC(=O)OC[C@H](COC(=O)CCCCCCCCCCCCCC)OC(=O)CCCCCCCCCCCCCCC. The number of allylic oxidation sites excluding steroid dienone is 4. The first-order valence-corrected chi connectivity index (χ1v) is 27.3. The Balaban J connectivity index is 4.29. The Bertz CT molecular complexity index is 1000. The van der Waals surface area contributed by atoms with E-state index in [-0.39, 0.29) is 31.1 Å². The number of unbranched alkanes of at least 4 members (excludes halogenated alkanes) is 35. The lowest BCUT2D eigenvalue weighted by molar-refractivity contribution is -0.167. The Kier molecular flexibility index (Phi) is 49.8. The Labute approximate surface area is 385 Å². The van der Waals surface area contributed by atoms with Gasteiger partial charge in [0, 0.05) is 19.3 Å². The molecule has 0 radical (unpaired) electrons. The van der Waals surface area contributed by atoms with E-state index in [1.165, 1.54) is 193 Å². The standard InChI is InChI=1S/C56H104O6/c1-4-7-10-13-16-19-22-25-26-27-28-29-30-32-34-37-40-43-46-49-55(58)61-52-53(51-60-54(57)48-45-42-39-36-33-24-21-18-15-12-9-6-3)62-56(59)50-47-44-41-38-35-31-23-20-17-14-11-8-5-2/h16,19,25-26,53H,4-15,17-18,20-24,27-52H2,1-3H3/b19-16-,26-25-/t53-/m0/s1. The number of carbonyl (C=O) groups is 3. The summed E-state index contributed by atoms with van der Waals surface area (Å²) < 4.78 is 16.8. The van der Waals surface area contributed by atoms with E-state index in [1.807, 2.05) is 0 Å². The van der Waals surface area contributed by atoms with E-state index in [9.17, 15) is 14.4 Å². The number of esters is 3. The maximum Gasteiger partial charge on any atom is 0.306 e. The molecule has 0 N–H and O–H groups in total. The van der Waals surface area contributed by atoms with Crippen LogP contribution in [0.4, 0.5) is 0 Å². The van der Waals surface area contributed by atoms with E-state index in [0.717, 1.165) is 64.2 Å². The summed E-state index contributed by atoms with van der Waals surface area (Å²) in [5.74, 6) is -0.855. The molecule has 0 aliphatic heterocycles. The quantitative estimate of drug-likeness (QED) is 0.0262. The van der Waals surface area contributed by atoms with Crippen LogP contribution >= 0.6 is 0 Å². The molecule has 6 nitrogen and oxygen atoms in total. The van der Waals surface area contributed by atoms with Gasteiger partial charge in [-0.25, -0.2) is 0 Å². The molecular weight excluding hydrogens is 769 g/mol. The molecule has 0 aromatic carbocycles. The molecule has 0 fully saturated rings. The van der Waals surface area contributed by atoms with Gasteiger partial charge in [0.25, 0.3) is 0 Å². The summed E-state index contributed by atoms with van der Waals surface area (Å²) in [7, 11) is 0. The highest BCUT2D eigenvalue weighted by atomic mass is 16.6. The van der Waals surface area contributed by atoms with Crippen LogP contribution in [0.2, 0.25) is 0 Å². The maximum absolute atomic E-state index is 12.8. The fourth-order valence-corrected chi connectivity index (χ4v) is 8.06. The second kappa shape index (κ2) is 51.5. The third-order valence-electron chi connectivity index (χ3n) is 12.2. The van der Waals surface area contributed by atoms with E-state index >= 15 is 0 Å². The van der Waals surface area contributed by atoms with Crippen molar-refractivity contribution in [3.8, 4) is 0 Å². The monoisotopic (exact) mass is 873 g/mol. The number of hydrogen-bond donors (Lipinski definition) is 0. The third-order valence-corrected chi connectivity index (χ3v) is 12.2. The summed E-state index contributed by atoms with van der Waals surface area (Å²) in [4.78, 5) is 38.0. The van der Waals surface area contributed by atoms with Crippen molar-refractivity contribution in [1.29, 1.82) is 0 Å². The van der Waals surface area contributed by atoms with E-state index in [4.69, 9.17) is 14.2 Å². The highest BCUT2D eigenvalue weighted by Gasteiger charge is 2.19. The molecule has 0 aromatic heterocycles. The Morgan fingerprint density at radius 3 is 0.919 bits per heavy atom. The molecule has 0 aromatic rings. The summed E-state index contributed by atoms with van der Waals surface area (Å²) in [6.07, 6.45) is 58.7. The van der Waals surface area contributed by atoms with Gasteiger partial charge in [0.15, 0.2) is 6.10 Å². The van der Waals surface area contributed by atoms with Crippen molar-refractivity contribution in [2.75, 3.05) is 13.2 Å². The van der Waals surface area contributed by atoms with E-state index in [1.54, 1.807) is 0 Å². The van der Waals surface area contributed by atoms with Crippen LogP contribution < -0.4 is 0 Å². The molecule has 1 atom stereocenters. The zero-order chi connectivity index (χ0) is 45.1. The molecule has 0 bridgehead atoms. The molecule has 0 aliphatic rings. The van der Waals surface area contributed by atoms with Crippen LogP contribution in [0.15, 0.2) is 24.3 Å². The van der Waals surface area contributed by atoms with Crippen molar-refractivity contribution in [3.05, 3.63) is 24.3 Å². The van der Waals surface area contributed by atoms with Crippen molar-refractivity contribution in [3.63, 3.8) is 0 Å². The zero-order valence-corrected chi connectivity index (χ0v) is 41.7. The summed E-state index contributed by atoms with van der Waals surface area (Å²) in [5, 5.41) is 0. The minimum absolute atomic E-state index is 0.0672. The van der Waals surface area contributed by atoms with Crippen molar-refractivity contribution in [2.24, 2.45) is 0 Å². The molecule has 0 rings (SSSR count). The summed E-state index contributed by atoms with van der Waals surface area (Å²) >= 11 is 0. The minimum atomic E-state index is -0.766.